The summed E-state index contributed by atoms with van der Waals surface area (Å²) in [5.41, 5.74) is 0.426. The number of carbonyl (C=O) groups is 1. The average Bonchev–Trinajstić information content (AvgIpc) is 2.27. The van der Waals surface area contributed by atoms with Gasteiger partial charge in [0, 0.05) is 0 Å². The molecule has 2 nitrogen and oxygen atoms in total. The molecule has 0 aliphatic heterocycles. The van der Waals surface area contributed by atoms with Crippen molar-refractivity contribution in [2.24, 2.45) is 23.2 Å². The number of rotatable bonds is 1. The van der Waals surface area contributed by atoms with Crippen molar-refractivity contribution in [1.29, 1.82) is 0 Å². The second-order valence-corrected chi connectivity index (χ2v) is 6.28. The molecular weight excluding hydrogens is 200 g/mol. The molecule has 0 heterocycles. The van der Waals surface area contributed by atoms with Crippen LogP contribution in [-0.2, 0) is 9.53 Å². The molecular formula is C14H24O2. The number of esters is 1. The molecule has 2 heteroatoms. The maximum Gasteiger partial charge on any atom is 0.308 e. The Kier molecular flexibility index (Phi) is 3.27. The number of hydrogen-bond donors (Lipinski definition) is 0. The van der Waals surface area contributed by atoms with Gasteiger partial charge in [-0.15, -0.1) is 0 Å². The quantitative estimate of drug-likeness (QED) is 0.638. The lowest BCUT2D eigenvalue weighted by molar-refractivity contribution is -0.149. The third-order valence-electron chi connectivity index (χ3n) is 4.93. The fourth-order valence-corrected chi connectivity index (χ4v) is 3.92. The highest BCUT2D eigenvalue weighted by molar-refractivity contribution is 5.72. The zero-order valence-corrected chi connectivity index (χ0v) is 10.8. The molecule has 0 aromatic heterocycles. The second-order valence-electron chi connectivity index (χ2n) is 6.28. The molecule has 2 rings (SSSR count). The molecule has 0 aromatic carbocycles. The Labute approximate surface area is 98.7 Å². The minimum atomic E-state index is 0.0137. The number of methoxy groups -OCH3 is 1. The predicted octanol–water partition coefficient (Wildman–Crippen LogP) is 3.40. The zero-order chi connectivity index (χ0) is 11.8. The van der Waals surface area contributed by atoms with Crippen LogP contribution < -0.4 is 0 Å². The van der Waals surface area contributed by atoms with Gasteiger partial charge in [0.2, 0.25) is 0 Å². The third kappa shape index (κ3) is 2.11. The molecule has 0 aromatic rings. The Morgan fingerprint density at radius 2 is 2.00 bits per heavy atom. The molecule has 0 radical (unpaired) electrons. The van der Waals surface area contributed by atoms with Crippen LogP contribution >= 0.6 is 0 Å². The molecule has 0 N–H and O–H groups in total. The van der Waals surface area contributed by atoms with Crippen LogP contribution in [-0.4, -0.2) is 13.1 Å². The van der Waals surface area contributed by atoms with Crippen LogP contribution in [0.25, 0.3) is 0 Å². The van der Waals surface area contributed by atoms with E-state index in [4.69, 9.17) is 4.74 Å². The first kappa shape index (κ1) is 11.9. The summed E-state index contributed by atoms with van der Waals surface area (Å²) in [6, 6.07) is 0. The van der Waals surface area contributed by atoms with Gasteiger partial charge in [0.25, 0.3) is 0 Å². The summed E-state index contributed by atoms with van der Waals surface area (Å²) in [4.78, 5) is 11.6. The summed E-state index contributed by atoms with van der Waals surface area (Å²) in [5.74, 6) is 1.78. The van der Waals surface area contributed by atoms with Crippen LogP contribution in [0.15, 0.2) is 0 Å². The second kappa shape index (κ2) is 4.38. The first-order valence-corrected chi connectivity index (χ1v) is 6.62. The van der Waals surface area contributed by atoms with E-state index in [9.17, 15) is 4.79 Å². The Morgan fingerprint density at radius 1 is 1.25 bits per heavy atom. The van der Waals surface area contributed by atoms with E-state index in [0.29, 0.717) is 5.41 Å². The largest absolute Gasteiger partial charge is 0.469 e. The fraction of sp³-hybridized carbons (Fsp3) is 0.929. The van der Waals surface area contributed by atoms with Crippen molar-refractivity contribution < 1.29 is 9.53 Å². The Bertz CT molecular complexity index is 270. The lowest BCUT2D eigenvalue weighted by Gasteiger charge is -2.48. The summed E-state index contributed by atoms with van der Waals surface area (Å²) in [6.07, 6.45) is 7.41. The fourth-order valence-electron chi connectivity index (χ4n) is 3.92. The summed E-state index contributed by atoms with van der Waals surface area (Å²) >= 11 is 0. The van der Waals surface area contributed by atoms with Crippen molar-refractivity contribution in [2.75, 3.05) is 7.11 Å². The van der Waals surface area contributed by atoms with E-state index in [1.807, 2.05) is 0 Å². The van der Waals surface area contributed by atoms with Crippen molar-refractivity contribution in [1.82, 2.24) is 0 Å². The summed E-state index contributed by atoms with van der Waals surface area (Å²) in [6.45, 7) is 4.76. The highest BCUT2D eigenvalue weighted by Crippen LogP contribution is 2.51. The minimum absolute atomic E-state index is 0.0137. The molecule has 16 heavy (non-hydrogen) atoms. The standard InChI is InChI=1S/C14H24O2/c1-14(2)8-4-5-10-6-7-11(9-12(10)14)13(15)16-3/h10-12H,4-9H2,1-3H3. The van der Waals surface area contributed by atoms with E-state index in [1.54, 1.807) is 0 Å². The maximum absolute atomic E-state index is 11.6. The van der Waals surface area contributed by atoms with Crippen LogP contribution in [0.1, 0.15) is 52.4 Å². The first-order chi connectivity index (χ1) is 7.54. The van der Waals surface area contributed by atoms with Crippen molar-refractivity contribution in [3.63, 3.8) is 0 Å². The predicted molar refractivity (Wildman–Crippen MR) is 64.0 cm³/mol. The average molecular weight is 224 g/mol. The Hall–Kier alpha value is -0.530. The minimum Gasteiger partial charge on any atom is -0.469 e. The zero-order valence-electron chi connectivity index (χ0n) is 10.8. The number of ether oxygens (including phenoxy) is 1. The molecule has 2 aliphatic rings. The molecule has 3 atom stereocenters. The topological polar surface area (TPSA) is 26.3 Å². The van der Waals surface area contributed by atoms with Gasteiger partial charge in [0.1, 0.15) is 0 Å². The van der Waals surface area contributed by atoms with Crippen LogP contribution in [0.2, 0.25) is 0 Å². The summed E-state index contributed by atoms with van der Waals surface area (Å²) in [5, 5.41) is 0. The van der Waals surface area contributed by atoms with E-state index >= 15 is 0 Å². The van der Waals surface area contributed by atoms with E-state index in [-0.39, 0.29) is 11.9 Å². The molecule has 0 spiro atoms. The highest BCUT2D eigenvalue weighted by Gasteiger charge is 2.43. The molecule has 0 saturated heterocycles. The van der Waals surface area contributed by atoms with Crippen LogP contribution in [0.4, 0.5) is 0 Å². The number of hydrogen-bond acceptors (Lipinski definition) is 2. The van der Waals surface area contributed by atoms with Crippen molar-refractivity contribution in [2.45, 2.75) is 52.4 Å². The molecule has 2 fully saturated rings. The molecule has 0 bridgehead atoms. The highest BCUT2D eigenvalue weighted by atomic mass is 16.5. The normalized spacial score (nSPS) is 37.6. The van der Waals surface area contributed by atoms with Gasteiger partial charge in [-0.3, -0.25) is 4.79 Å². The SMILES string of the molecule is COC(=O)C1CCC2CCCC(C)(C)C2C1. The number of carbonyl (C=O) groups excluding carboxylic acids is 1. The van der Waals surface area contributed by atoms with Gasteiger partial charge in [-0.2, -0.15) is 0 Å². The maximum atomic E-state index is 11.6. The van der Waals surface area contributed by atoms with Gasteiger partial charge in [-0.05, 0) is 42.9 Å². The van der Waals surface area contributed by atoms with Gasteiger partial charge in [-0.25, -0.2) is 0 Å². The van der Waals surface area contributed by atoms with E-state index in [1.165, 1.54) is 32.8 Å². The van der Waals surface area contributed by atoms with Gasteiger partial charge >= 0.3 is 5.97 Å². The summed E-state index contributed by atoms with van der Waals surface area (Å²) < 4.78 is 4.90. The Morgan fingerprint density at radius 3 is 2.69 bits per heavy atom. The van der Waals surface area contributed by atoms with Crippen molar-refractivity contribution in [3.05, 3.63) is 0 Å². The van der Waals surface area contributed by atoms with Gasteiger partial charge in [-0.1, -0.05) is 26.7 Å². The molecule has 92 valence electrons. The molecule has 0 amide bonds. The van der Waals surface area contributed by atoms with E-state index in [0.717, 1.165) is 24.7 Å². The smallest absolute Gasteiger partial charge is 0.308 e. The van der Waals surface area contributed by atoms with Gasteiger partial charge < -0.3 is 4.74 Å². The van der Waals surface area contributed by atoms with Gasteiger partial charge in [0.15, 0.2) is 0 Å². The van der Waals surface area contributed by atoms with Crippen LogP contribution in [0.5, 0.6) is 0 Å². The third-order valence-corrected chi connectivity index (χ3v) is 4.93. The lowest BCUT2D eigenvalue weighted by atomic mass is 9.57. The van der Waals surface area contributed by atoms with Gasteiger partial charge in [0.05, 0.1) is 13.0 Å². The van der Waals surface area contributed by atoms with Crippen molar-refractivity contribution in [3.8, 4) is 0 Å². The lowest BCUT2D eigenvalue weighted by Crippen LogP contribution is -2.41. The first-order valence-electron chi connectivity index (χ1n) is 6.62. The monoisotopic (exact) mass is 224 g/mol. The summed E-state index contributed by atoms with van der Waals surface area (Å²) in [7, 11) is 1.51. The van der Waals surface area contributed by atoms with Crippen LogP contribution in [0.3, 0.4) is 0 Å². The van der Waals surface area contributed by atoms with E-state index in [2.05, 4.69) is 13.8 Å². The van der Waals surface area contributed by atoms with E-state index < -0.39 is 0 Å². The molecule has 2 saturated carbocycles. The number of fused-ring (bicyclic) bond motifs is 1. The van der Waals surface area contributed by atoms with Crippen molar-refractivity contribution >= 4 is 5.97 Å². The Balaban J connectivity index is 2.07. The van der Waals surface area contributed by atoms with Crippen LogP contribution in [0, 0.1) is 23.2 Å². The molecule has 2 aliphatic carbocycles. The molecule has 3 unspecified atom stereocenters.